The maximum Gasteiger partial charge on any atom is 0.267 e. The number of anilines is 3. The molecule has 0 amide bonds. The smallest absolute Gasteiger partial charge is 0.267 e. The molecule has 12 heteroatoms. The first kappa shape index (κ1) is 19.4. The predicted molar refractivity (Wildman–Crippen MR) is 114 cm³/mol. The number of aromatic nitrogens is 6. The van der Waals surface area contributed by atoms with Crippen LogP contribution in [0.15, 0.2) is 35.3 Å². The molecule has 160 valence electrons. The Morgan fingerprint density at radius 2 is 2.06 bits per heavy atom. The van der Waals surface area contributed by atoms with E-state index >= 15 is 0 Å². The summed E-state index contributed by atoms with van der Waals surface area (Å²) in [4.78, 5) is 26.0. The van der Waals surface area contributed by atoms with E-state index in [1.54, 1.807) is 6.07 Å². The third-order valence-corrected chi connectivity index (χ3v) is 5.31. The van der Waals surface area contributed by atoms with E-state index in [0.717, 1.165) is 18.9 Å². The van der Waals surface area contributed by atoms with E-state index in [1.165, 1.54) is 22.9 Å². The van der Waals surface area contributed by atoms with Gasteiger partial charge in [-0.1, -0.05) is 0 Å². The van der Waals surface area contributed by atoms with Gasteiger partial charge in [-0.05, 0) is 37.0 Å². The van der Waals surface area contributed by atoms with Gasteiger partial charge in [0.05, 0.1) is 23.1 Å². The van der Waals surface area contributed by atoms with Crippen LogP contribution in [0.3, 0.4) is 0 Å². The molecule has 1 aliphatic rings. The van der Waals surface area contributed by atoms with E-state index < -0.39 is 17.4 Å². The van der Waals surface area contributed by atoms with Crippen molar-refractivity contribution in [2.24, 2.45) is 5.92 Å². The molecular formula is C20H17FN10O. The third kappa shape index (κ3) is 3.25. The zero-order valence-corrected chi connectivity index (χ0v) is 16.6. The molecule has 0 bridgehead atoms. The van der Waals surface area contributed by atoms with Gasteiger partial charge in [0.15, 0.2) is 5.82 Å². The van der Waals surface area contributed by atoms with Gasteiger partial charge < -0.3 is 16.8 Å². The molecule has 1 aliphatic carbocycles. The van der Waals surface area contributed by atoms with Gasteiger partial charge in [-0.3, -0.25) is 9.89 Å². The van der Waals surface area contributed by atoms with Gasteiger partial charge in [0.25, 0.3) is 5.56 Å². The number of rotatable bonds is 5. The maximum absolute atomic E-state index is 13.9. The molecule has 1 atom stereocenters. The van der Waals surface area contributed by atoms with Crippen molar-refractivity contribution in [3.63, 3.8) is 0 Å². The Labute approximate surface area is 179 Å². The fourth-order valence-electron chi connectivity index (χ4n) is 3.67. The quantitative estimate of drug-likeness (QED) is 0.365. The number of halogens is 1. The van der Waals surface area contributed by atoms with Gasteiger partial charge in [-0.25, -0.2) is 13.9 Å². The number of hydrogen-bond donors (Lipinski definition) is 4. The summed E-state index contributed by atoms with van der Waals surface area (Å²) >= 11 is 0. The third-order valence-electron chi connectivity index (χ3n) is 5.31. The van der Waals surface area contributed by atoms with Crippen molar-refractivity contribution in [2.45, 2.75) is 18.9 Å². The molecule has 1 saturated carbocycles. The molecule has 3 heterocycles. The minimum atomic E-state index is -0.539. The SMILES string of the molecule is N#Cc1c(N)nc(N)nc1NC(c1nc2ccc(F)cc2c(=O)n1-c1ccn[nH]1)C1CC1. The molecule has 0 radical (unpaired) electrons. The number of H-pyrrole nitrogens is 1. The van der Waals surface area contributed by atoms with Gasteiger partial charge in [-0.15, -0.1) is 0 Å². The van der Waals surface area contributed by atoms with Crippen LogP contribution in [0.1, 0.15) is 30.3 Å². The monoisotopic (exact) mass is 432 g/mol. The second-order valence-corrected chi connectivity index (χ2v) is 7.48. The van der Waals surface area contributed by atoms with Crippen LogP contribution in [0.25, 0.3) is 16.7 Å². The summed E-state index contributed by atoms with van der Waals surface area (Å²) in [7, 11) is 0. The first-order chi connectivity index (χ1) is 15.5. The van der Waals surface area contributed by atoms with Crippen LogP contribution in [0.5, 0.6) is 0 Å². The second kappa shape index (κ2) is 7.31. The van der Waals surface area contributed by atoms with Gasteiger partial charge in [0.1, 0.15) is 34.9 Å². The number of nitrogens with one attached hydrogen (secondary N) is 2. The standard InChI is InChI=1S/C20H17FN10O/c21-10-3-4-13-11(7-10)19(32)31(14-5-6-25-30-14)18(26-13)15(9-1-2-9)27-17-12(8-22)16(23)28-20(24)29-17/h3-7,9,15H,1-2H2,(H,25,30)(H5,23,24,27,28,29). The number of benzene rings is 1. The molecule has 1 fully saturated rings. The molecule has 4 aromatic rings. The molecule has 1 aromatic carbocycles. The van der Waals surface area contributed by atoms with Crippen molar-refractivity contribution in [3.05, 3.63) is 58.0 Å². The van der Waals surface area contributed by atoms with Crippen LogP contribution in [0.2, 0.25) is 0 Å². The van der Waals surface area contributed by atoms with Crippen LogP contribution >= 0.6 is 0 Å². The topological polar surface area (TPSA) is 177 Å². The summed E-state index contributed by atoms with van der Waals surface area (Å²) in [6.07, 6.45) is 3.24. The Morgan fingerprint density at radius 3 is 2.75 bits per heavy atom. The molecule has 11 nitrogen and oxygen atoms in total. The first-order valence-corrected chi connectivity index (χ1v) is 9.78. The molecule has 0 spiro atoms. The van der Waals surface area contributed by atoms with Crippen LogP contribution < -0.4 is 22.3 Å². The minimum absolute atomic E-state index is 0.0446. The maximum atomic E-state index is 13.9. The van der Waals surface area contributed by atoms with Crippen molar-refractivity contribution >= 4 is 28.5 Å². The lowest BCUT2D eigenvalue weighted by atomic mass is 10.1. The molecule has 0 aliphatic heterocycles. The summed E-state index contributed by atoms with van der Waals surface area (Å²) in [5.74, 6) is 0.315. The summed E-state index contributed by atoms with van der Waals surface area (Å²) in [6, 6.07) is 6.94. The number of fused-ring (bicyclic) bond motifs is 1. The Kier molecular flexibility index (Phi) is 4.44. The van der Waals surface area contributed by atoms with Crippen LogP contribution in [-0.4, -0.2) is 29.7 Å². The largest absolute Gasteiger partial charge is 0.382 e. The molecule has 3 aromatic heterocycles. The fourth-order valence-corrected chi connectivity index (χ4v) is 3.67. The Balaban J connectivity index is 1.74. The van der Waals surface area contributed by atoms with E-state index in [9.17, 15) is 14.4 Å². The average Bonchev–Trinajstić information content (AvgIpc) is 3.46. The summed E-state index contributed by atoms with van der Waals surface area (Å²) in [5, 5.41) is 19.6. The molecule has 5 rings (SSSR count). The van der Waals surface area contributed by atoms with E-state index in [4.69, 9.17) is 11.5 Å². The Bertz CT molecular complexity index is 1440. The number of nitriles is 1. The van der Waals surface area contributed by atoms with Crippen molar-refractivity contribution in [1.29, 1.82) is 5.26 Å². The Hall–Kier alpha value is -4.53. The van der Waals surface area contributed by atoms with Crippen LogP contribution in [0, 0.1) is 23.1 Å². The van der Waals surface area contributed by atoms with Gasteiger partial charge in [0, 0.05) is 6.07 Å². The number of hydrogen-bond acceptors (Lipinski definition) is 9. The highest BCUT2D eigenvalue weighted by molar-refractivity contribution is 5.78. The Morgan fingerprint density at radius 1 is 1.25 bits per heavy atom. The molecule has 0 saturated heterocycles. The molecular weight excluding hydrogens is 415 g/mol. The van der Waals surface area contributed by atoms with Gasteiger partial charge in [-0.2, -0.15) is 20.3 Å². The van der Waals surface area contributed by atoms with Crippen molar-refractivity contribution in [2.75, 3.05) is 16.8 Å². The van der Waals surface area contributed by atoms with Crippen LogP contribution in [0.4, 0.5) is 22.0 Å². The van der Waals surface area contributed by atoms with Gasteiger partial charge >= 0.3 is 0 Å². The van der Waals surface area contributed by atoms with E-state index in [-0.39, 0.29) is 34.5 Å². The molecule has 1 unspecified atom stereocenters. The highest BCUT2D eigenvalue weighted by Gasteiger charge is 2.37. The van der Waals surface area contributed by atoms with Crippen molar-refractivity contribution in [3.8, 4) is 11.9 Å². The van der Waals surface area contributed by atoms with E-state index in [1.807, 2.05) is 6.07 Å². The summed E-state index contributed by atoms with van der Waals surface area (Å²) in [5.41, 5.74) is 11.5. The summed E-state index contributed by atoms with van der Waals surface area (Å²) < 4.78 is 15.2. The average molecular weight is 432 g/mol. The molecule has 6 N–H and O–H groups in total. The number of nitrogens with zero attached hydrogens (tertiary/aromatic N) is 6. The number of nitrogens with two attached hydrogens (primary N) is 2. The zero-order valence-electron chi connectivity index (χ0n) is 16.6. The second-order valence-electron chi connectivity index (χ2n) is 7.48. The minimum Gasteiger partial charge on any atom is -0.382 e. The number of nitrogen functional groups attached to an aromatic ring is 2. The highest BCUT2D eigenvalue weighted by Crippen LogP contribution is 2.43. The van der Waals surface area contributed by atoms with E-state index in [2.05, 4.69) is 30.5 Å². The lowest BCUT2D eigenvalue weighted by Gasteiger charge is -2.23. The normalized spacial score (nSPS) is 14.2. The lowest BCUT2D eigenvalue weighted by Crippen LogP contribution is -2.30. The van der Waals surface area contributed by atoms with Crippen molar-refractivity contribution < 1.29 is 4.39 Å². The van der Waals surface area contributed by atoms with Crippen LogP contribution in [-0.2, 0) is 0 Å². The lowest BCUT2D eigenvalue weighted by molar-refractivity contribution is 0.604. The van der Waals surface area contributed by atoms with Gasteiger partial charge in [0.2, 0.25) is 5.95 Å². The number of aromatic amines is 1. The highest BCUT2D eigenvalue weighted by atomic mass is 19.1. The first-order valence-electron chi connectivity index (χ1n) is 9.78. The van der Waals surface area contributed by atoms with Crippen molar-refractivity contribution in [1.82, 2.24) is 29.7 Å². The zero-order chi connectivity index (χ0) is 22.4. The van der Waals surface area contributed by atoms with E-state index in [0.29, 0.717) is 17.2 Å². The predicted octanol–water partition coefficient (Wildman–Crippen LogP) is 1.64. The fraction of sp³-hybridized carbons (Fsp3) is 0.200. The molecule has 32 heavy (non-hydrogen) atoms. The summed E-state index contributed by atoms with van der Waals surface area (Å²) in [6.45, 7) is 0.